The summed E-state index contributed by atoms with van der Waals surface area (Å²) in [6.45, 7) is 6.89. The van der Waals surface area contributed by atoms with Gasteiger partial charge in [-0.25, -0.2) is 9.48 Å². The van der Waals surface area contributed by atoms with E-state index in [1.807, 2.05) is 56.3 Å². The quantitative estimate of drug-likeness (QED) is 0.173. The molecule has 2 heterocycles. The molecule has 190 valence electrons. The van der Waals surface area contributed by atoms with Gasteiger partial charge >= 0.3 is 5.97 Å². The molecule has 1 N–H and O–H groups in total. The third-order valence-corrected chi connectivity index (χ3v) is 6.91. The van der Waals surface area contributed by atoms with Crippen LogP contribution in [0, 0.1) is 0 Å². The van der Waals surface area contributed by atoms with Crippen molar-refractivity contribution >= 4 is 23.7 Å². The van der Waals surface area contributed by atoms with Gasteiger partial charge in [-0.1, -0.05) is 80.4 Å². The molecule has 0 radical (unpaired) electrons. The summed E-state index contributed by atoms with van der Waals surface area (Å²) in [4.78, 5) is 17.7. The summed E-state index contributed by atoms with van der Waals surface area (Å²) >= 11 is 1.56. The first-order valence-corrected chi connectivity index (χ1v) is 13.6. The maximum Gasteiger partial charge on any atom is 0.338 e. The minimum Gasteiger partial charge on any atom is -0.494 e. The fourth-order valence-corrected chi connectivity index (χ4v) is 4.95. The summed E-state index contributed by atoms with van der Waals surface area (Å²) in [5.74, 6) is 1.83. The van der Waals surface area contributed by atoms with Gasteiger partial charge in [-0.3, -0.25) is 0 Å². The van der Waals surface area contributed by atoms with Crippen LogP contribution < -0.4 is 10.1 Å². The number of thioether (sulfide) groups is 1. The normalized spacial score (nSPS) is 14.8. The monoisotopic (exact) mass is 506 g/mol. The zero-order valence-electron chi connectivity index (χ0n) is 21.2. The van der Waals surface area contributed by atoms with Gasteiger partial charge in [0.25, 0.3) is 0 Å². The Morgan fingerprint density at radius 1 is 1.06 bits per heavy atom. The van der Waals surface area contributed by atoms with Crippen molar-refractivity contribution in [1.82, 2.24) is 14.8 Å². The Kier molecular flexibility index (Phi) is 9.06. The van der Waals surface area contributed by atoms with Gasteiger partial charge in [0, 0.05) is 11.4 Å². The van der Waals surface area contributed by atoms with E-state index in [1.165, 1.54) is 24.8 Å². The topological polar surface area (TPSA) is 78.3 Å². The fraction of sp³-hybridized carbons (Fsp3) is 0.393. The summed E-state index contributed by atoms with van der Waals surface area (Å²) in [6, 6.07) is 17.7. The van der Waals surface area contributed by atoms with Crippen molar-refractivity contribution in [3.05, 3.63) is 77.0 Å². The van der Waals surface area contributed by atoms with Crippen LogP contribution in [-0.2, 0) is 15.3 Å². The molecule has 1 unspecified atom stereocenters. The van der Waals surface area contributed by atoms with Gasteiger partial charge in [-0.2, -0.15) is 4.98 Å². The van der Waals surface area contributed by atoms with Crippen molar-refractivity contribution in [3.8, 4) is 5.75 Å². The van der Waals surface area contributed by atoms with E-state index in [4.69, 9.17) is 19.6 Å². The molecule has 0 saturated carbocycles. The van der Waals surface area contributed by atoms with Crippen LogP contribution in [-0.4, -0.2) is 33.9 Å². The number of anilines is 1. The van der Waals surface area contributed by atoms with Gasteiger partial charge in [-0.05, 0) is 43.5 Å². The number of nitrogens with one attached hydrogen (secondary N) is 1. The number of fused-ring (bicyclic) bond motifs is 1. The predicted octanol–water partition coefficient (Wildman–Crippen LogP) is 6.38. The van der Waals surface area contributed by atoms with Gasteiger partial charge in [-0.15, -0.1) is 5.10 Å². The number of hydrogen-bond donors (Lipinski definition) is 1. The number of rotatable bonds is 12. The van der Waals surface area contributed by atoms with Crippen LogP contribution in [0.4, 0.5) is 5.95 Å². The number of hydrogen-bond acceptors (Lipinski definition) is 7. The van der Waals surface area contributed by atoms with E-state index in [-0.39, 0.29) is 5.97 Å². The van der Waals surface area contributed by atoms with E-state index in [2.05, 4.69) is 24.4 Å². The molecule has 4 rings (SSSR count). The van der Waals surface area contributed by atoms with Crippen LogP contribution in [0.3, 0.4) is 0 Å². The Bertz CT molecular complexity index is 1180. The Morgan fingerprint density at radius 2 is 1.83 bits per heavy atom. The molecule has 3 aromatic rings. The van der Waals surface area contributed by atoms with Crippen molar-refractivity contribution in [2.75, 3.05) is 18.5 Å². The number of aromatic nitrogens is 3. The lowest BCUT2D eigenvalue weighted by Gasteiger charge is -2.28. The van der Waals surface area contributed by atoms with E-state index in [0.717, 1.165) is 23.5 Å². The van der Waals surface area contributed by atoms with E-state index in [1.54, 1.807) is 16.4 Å². The first-order valence-electron chi connectivity index (χ1n) is 12.6. The molecular weight excluding hydrogens is 472 g/mol. The van der Waals surface area contributed by atoms with Crippen LogP contribution in [0.2, 0.25) is 0 Å². The molecule has 1 aliphatic heterocycles. The minimum atomic E-state index is -0.447. The van der Waals surface area contributed by atoms with Crippen LogP contribution in [0.25, 0.3) is 0 Å². The second-order valence-corrected chi connectivity index (χ2v) is 9.64. The zero-order chi connectivity index (χ0) is 25.3. The zero-order valence-corrected chi connectivity index (χ0v) is 22.0. The molecule has 0 spiro atoms. The molecular formula is C28H34N4O3S. The summed E-state index contributed by atoms with van der Waals surface area (Å²) in [6.07, 6.45) is 4.66. The molecule has 7 nitrogen and oxygen atoms in total. The first kappa shape index (κ1) is 25.8. The Labute approximate surface area is 217 Å². The van der Waals surface area contributed by atoms with Crippen molar-refractivity contribution < 1.29 is 14.3 Å². The summed E-state index contributed by atoms with van der Waals surface area (Å²) in [5, 5.41) is 8.69. The van der Waals surface area contributed by atoms with Crippen LogP contribution >= 0.6 is 11.8 Å². The molecule has 0 amide bonds. The lowest BCUT2D eigenvalue weighted by molar-refractivity contribution is -0.139. The number of carbonyl (C=O) groups is 1. The number of ether oxygens (including phenoxy) is 2. The second kappa shape index (κ2) is 12.6. The molecule has 2 aromatic carbocycles. The van der Waals surface area contributed by atoms with Gasteiger partial charge in [0.2, 0.25) is 11.1 Å². The lowest BCUT2D eigenvalue weighted by atomic mass is 9.96. The number of unbranched alkanes of at least 4 members (excludes halogenated alkanes) is 3. The standard InChI is InChI=1S/C28H34N4O3S/c1-4-6-7-11-18-35-23-16-14-22(15-17-23)25-24(26(33)34-5-2)20(3)29-27-30-28(31-32(25)27)36-19-21-12-9-8-10-13-21/h8-10,12-17,25H,4-7,11,18-19H2,1-3H3,(H,29,30,31). The first-order chi connectivity index (χ1) is 17.6. The molecule has 1 aliphatic rings. The Hall–Kier alpha value is -3.26. The van der Waals surface area contributed by atoms with E-state index in [9.17, 15) is 4.79 Å². The number of nitrogens with zero attached hydrogens (tertiary/aromatic N) is 3. The third kappa shape index (κ3) is 6.29. The molecule has 8 heteroatoms. The van der Waals surface area contributed by atoms with Gasteiger partial charge < -0.3 is 14.8 Å². The van der Waals surface area contributed by atoms with E-state index in [0.29, 0.717) is 35.6 Å². The fourth-order valence-electron chi connectivity index (χ4n) is 4.16. The summed E-state index contributed by atoms with van der Waals surface area (Å²) in [5.41, 5.74) is 3.37. The van der Waals surface area contributed by atoms with Crippen molar-refractivity contribution in [2.45, 2.75) is 63.4 Å². The predicted molar refractivity (Wildman–Crippen MR) is 143 cm³/mol. The highest BCUT2D eigenvalue weighted by Crippen LogP contribution is 2.37. The molecule has 0 saturated heterocycles. The van der Waals surface area contributed by atoms with Crippen LogP contribution in [0.1, 0.15) is 63.6 Å². The van der Waals surface area contributed by atoms with Gasteiger partial charge in [0.05, 0.1) is 18.8 Å². The molecule has 1 aromatic heterocycles. The van der Waals surface area contributed by atoms with Gasteiger partial charge in [0.1, 0.15) is 11.8 Å². The molecule has 0 aliphatic carbocycles. The largest absolute Gasteiger partial charge is 0.494 e. The number of allylic oxidation sites excluding steroid dienone is 1. The van der Waals surface area contributed by atoms with Crippen LogP contribution in [0.5, 0.6) is 5.75 Å². The highest BCUT2D eigenvalue weighted by Gasteiger charge is 2.35. The number of carbonyl (C=O) groups excluding carboxylic acids is 1. The number of benzene rings is 2. The molecule has 0 fully saturated rings. The maximum absolute atomic E-state index is 13.0. The second-order valence-electron chi connectivity index (χ2n) is 8.70. The minimum absolute atomic E-state index is 0.301. The highest BCUT2D eigenvalue weighted by molar-refractivity contribution is 7.98. The molecule has 0 bridgehead atoms. The summed E-state index contributed by atoms with van der Waals surface area (Å²) < 4.78 is 13.1. The Morgan fingerprint density at radius 3 is 2.56 bits per heavy atom. The number of esters is 1. The van der Waals surface area contributed by atoms with E-state index >= 15 is 0 Å². The van der Waals surface area contributed by atoms with Crippen LogP contribution in [0.15, 0.2) is 71.0 Å². The lowest BCUT2D eigenvalue weighted by Crippen LogP contribution is -2.29. The average molecular weight is 507 g/mol. The smallest absolute Gasteiger partial charge is 0.338 e. The third-order valence-electron chi connectivity index (χ3n) is 6.00. The van der Waals surface area contributed by atoms with Crippen molar-refractivity contribution in [1.29, 1.82) is 0 Å². The van der Waals surface area contributed by atoms with E-state index < -0.39 is 6.04 Å². The van der Waals surface area contributed by atoms with Crippen molar-refractivity contribution in [3.63, 3.8) is 0 Å². The molecule has 36 heavy (non-hydrogen) atoms. The van der Waals surface area contributed by atoms with Crippen molar-refractivity contribution in [2.24, 2.45) is 0 Å². The SMILES string of the molecule is CCCCCCOc1ccc(C2C(C(=O)OCC)=C(C)Nc3nc(SCc4ccccc4)nn32)cc1. The highest BCUT2D eigenvalue weighted by atomic mass is 32.2. The Balaban J connectivity index is 1.57. The molecule has 1 atom stereocenters. The summed E-state index contributed by atoms with van der Waals surface area (Å²) in [7, 11) is 0. The average Bonchev–Trinajstić information content (AvgIpc) is 3.30. The van der Waals surface area contributed by atoms with Gasteiger partial charge in [0.15, 0.2) is 0 Å². The maximum atomic E-state index is 13.0.